The van der Waals surface area contributed by atoms with Crippen molar-refractivity contribution in [3.63, 3.8) is 0 Å². The van der Waals surface area contributed by atoms with Crippen LogP contribution in [0, 0.1) is 17.8 Å². The van der Waals surface area contributed by atoms with Gasteiger partial charge in [0.1, 0.15) is 0 Å². The van der Waals surface area contributed by atoms with Crippen molar-refractivity contribution in [2.24, 2.45) is 17.8 Å². The summed E-state index contributed by atoms with van der Waals surface area (Å²) in [6, 6.07) is 0. The molecule has 0 radical (unpaired) electrons. The van der Waals surface area contributed by atoms with Crippen molar-refractivity contribution in [3.05, 3.63) is 0 Å². The maximum absolute atomic E-state index is 11.0. The van der Waals surface area contributed by atoms with Crippen molar-refractivity contribution in [2.75, 3.05) is 6.61 Å². The molecular weight excluding hydrogens is 312 g/mol. The normalized spacial score (nSPS) is 30.3. The minimum Gasteiger partial charge on any atom is -0.481 e. The third kappa shape index (κ3) is 8.11. The molecule has 2 saturated carbocycles. The number of carboxylic acid groups (broad SMARTS) is 1. The summed E-state index contributed by atoms with van der Waals surface area (Å²) in [5.74, 6) is 0.824. The van der Waals surface area contributed by atoms with Crippen LogP contribution in [0.4, 0.5) is 0 Å². The van der Waals surface area contributed by atoms with Gasteiger partial charge in [0.25, 0.3) is 0 Å². The average molecular weight is 353 g/mol. The summed E-state index contributed by atoms with van der Waals surface area (Å²) in [6.07, 6.45) is 19.3. The van der Waals surface area contributed by atoms with Crippen molar-refractivity contribution in [2.45, 2.75) is 109 Å². The van der Waals surface area contributed by atoms with Crippen LogP contribution in [0.5, 0.6) is 0 Å². The van der Waals surface area contributed by atoms with Crippen LogP contribution in [0.15, 0.2) is 0 Å². The number of carbonyl (C=O) groups is 1. The Bertz CT molecular complexity index is 352. The van der Waals surface area contributed by atoms with Gasteiger partial charge < -0.3 is 9.84 Å². The monoisotopic (exact) mass is 352 g/mol. The summed E-state index contributed by atoms with van der Waals surface area (Å²) in [5, 5.41) is 9.07. The van der Waals surface area contributed by atoms with E-state index in [1.54, 1.807) is 0 Å². The van der Waals surface area contributed by atoms with Crippen LogP contribution in [-0.4, -0.2) is 23.8 Å². The van der Waals surface area contributed by atoms with Gasteiger partial charge in [-0.05, 0) is 63.2 Å². The highest BCUT2D eigenvalue weighted by atomic mass is 16.5. The summed E-state index contributed by atoms with van der Waals surface area (Å²) in [4.78, 5) is 11.0. The van der Waals surface area contributed by atoms with Gasteiger partial charge in [-0.1, -0.05) is 51.9 Å². The molecule has 3 heteroatoms. The maximum atomic E-state index is 11.0. The fraction of sp³-hybridized carbons (Fsp3) is 0.955. The molecule has 0 aliphatic heterocycles. The topological polar surface area (TPSA) is 46.5 Å². The molecule has 0 aromatic rings. The van der Waals surface area contributed by atoms with Crippen LogP contribution in [0.3, 0.4) is 0 Å². The lowest BCUT2D eigenvalue weighted by atomic mass is 9.82. The molecule has 3 nitrogen and oxygen atoms in total. The largest absolute Gasteiger partial charge is 0.481 e. The molecule has 2 fully saturated rings. The quantitative estimate of drug-likeness (QED) is 0.450. The van der Waals surface area contributed by atoms with E-state index in [4.69, 9.17) is 9.84 Å². The SMILES string of the molecule is CCCCCCCCC1CCC(OCC2CCC(C(=O)O)CC2)CC1. The first kappa shape index (κ1) is 20.7. The Hall–Kier alpha value is -0.570. The zero-order chi connectivity index (χ0) is 17.9. The molecule has 0 saturated heterocycles. The summed E-state index contributed by atoms with van der Waals surface area (Å²) in [7, 11) is 0. The van der Waals surface area contributed by atoms with Gasteiger partial charge in [-0.3, -0.25) is 4.79 Å². The van der Waals surface area contributed by atoms with E-state index in [0.29, 0.717) is 12.0 Å². The molecule has 2 rings (SSSR count). The number of hydrogen-bond donors (Lipinski definition) is 1. The first-order chi connectivity index (χ1) is 12.2. The minimum absolute atomic E-state index is 0.103. The molecule has 1 N–H and O–H groups in total. The van der Waals surface area contributed by atoms with Gasteiger partial charge in [-0.15, -0.1) is 0 Å². The fourth-order valence-electron chi connectivity index (χ4n) is 4.65. The van der Waals surface area contributed by atoms with Gasteiger partial charge in [0.2, 0.25) is 0 Å². The second-order valence-electron chi connectivity index (χ2n) is 8.59. The molecule has 0 bridgehead atoms. The number of aliphatic carboxylic acids is 1. The third-order valence-corrected chi connectivity index (χ3v) is 6.52. The Labute approximate surface area is 154 Å². The average Bonchev–Trinajstić information content (AvgIpc) is 2.64. The molecule has 0 aromatic heterocycles. The first-order valence-corrected chi connectivity index (χ1v) is 11.0. The highest BCUT2D eigenvalue weighted by molar-refractivity contribution is 5.69. The molecule has 2 aliphatic carbocycles. The maximum Gasteiger partial charge on any atom is 0.306 e. The van der Waals surface area contributed by atoms with Crippen molar-refractivity contribution in [1.29, 1.82) is 0 Å². The Morgan fingerprint density at radius 3 is 2.08 bits per heavy atom. The molecule has 0 atom stereocenters. The predicted octanol–water partition coefficient (Wildman–Crippen LogP) is 6.20. The fourth-order valence-corrected chi connectivity index (χ4v) is 4.65. The highest BCUT2D eigenvalue weighted by Gasteiger charge is 2.27. The number of rotatable bonds is 11. The molecule has 0 spiro atoms. The zero-order valence-corrected chi connectivity index (χ0v) is 16.4. The van der Waals surface area contributed by atoms with Crippen molar-refractivity contribution in [3.8, 4) is 0 Å². The highest BCUT2D eigenvalue weighted by Crippen LogP contribution is 2.33. The summed E-state index contributed by atoms with van der Waals surface area (Å²) < 4.78 is 6.19. The molecule has 2 aliphatic rings. The number of unbranched alkanes of at least 4 members (excludes halogenated alkanes) is 5. The number of ether oxygens (including phenoxy) is 1. The van der Waals surface area contributed by atoms with Gasteiger partial charge in [0, 0.05) is 6.61 Å². The summed E-state index contributed by atoms with van der Waals surface area (Å²) >= 11 is 0. The molecular formula is C22H40O3. The van der Waals surface area contributed by atoms with E-state index in [1.165, 1.54) is 70.6 Å². The van der Waals surface area contributed by atoms with Crippen LogP contribution in [0.25, 0.3) is 0 Å². The number of hydrogen-bond acceptors (Lipinski definition) is 2. The Morgan fingerprint density at radius 1 is 0.840 bits per heavy atom. The Balaban J connectivity index is 1.48. The van der Waals surface area contributed by atoms with E-state index < -0.39 is 5.97 Å². The van der Waals surface area contributed by atoms with Gasteiger partial charge in [-0.2, -0.15) is 0 Å². The van der Waals surface area contributed by atoms with Crippen LogP contribution in [0.1, 0.15) is 103 Å². The van der Waals surface area contributed by atoms with Crippen LogP contribution in [-0.2, 0) is 9.53 Å². The van der Waals surface area contributed by atoms with Crippen molar-refractivity contribution in [1.82, 2.24) is 0 Å². The molecule has 0 amide bonds. The molecule has 0 heterocycles. The van der Waals surface area contributed by atoms with Crippen LogP contribution >= 0.6 is 0 Å². The van der Waals surface area contributed by atoms with Gasteiger partial charge in [0.15, 0.2) is 0 Å². The molecule has 0 aromatic carbocycles. The van der Waals surface area contributed by atoms with E-state index in [2.05, 4.69) is 6.92 Å². The smallest absolute Gasteiger partial charge is 0.306 e. The van der Waals surface area contributed by atoms with E-state index in [1.807, 2.05) is 0 Å². The van der Waals surface area contributed by atoms with E-state index >= 15 is 0 Å². The van der Waals surface area contributed by atoms with E-state index in [0.717, 1.165) is 38.2 Å². The zero-order valence-electron chi connectivity index (χ0n) is 16.4. The van der Waals surface area contributed by atoms with Gasteiger partial charge >= 0.3 is 5.97 Å². The Morgan fingerprint density at radius 2 is 1.44 bits per heavy atom. The van der Waals surface area contributed by atoms with Crippen molar-refractivity contribution < 1.29 is 14.6 Å². The molecule has 0 unspecified atom stereocenters. The first-order valence-electron chi connectivity index (χ1n) is 11.0. The van der Waals surface area contributed by atoms with E-state index in [9.17, 15) is 4.79 Å². The van der Waals surface area contributed by atoms with Crippen LogP contribution in [0.2, 0.25) is 0 Å². The van der Waals surface area contributed by atoms with Crippen molar-refractivity contribution >= 4 is 5.97 Å². The second kappa shape index (κ2) is 11.9. The lowest BCUT2D eigenvalue weighted by Gasteiger charge is -2.31. The third-order valence-electron chi connectivity index (χ3n) is 6.52. The van der Waals surface area contributed by atoms with Crippen LogP contribution < -0.4 is 0 Å². The summed E-state index contributed by atoms with van der Waals surface area (Å²) in [6.45, 7) is 3.14. The molecule has 25 heavy (non-hydrogen) atoms. The Kier molecular flexibility index (Phi) is 9.90. The van der Waals surface area contributed by atoms with Gasteiger partial charge in [0.05, 0.1) is 12.0 Å². The lowest BCUT2D eigenvalue weighted by molar-refractivity contribution is -0.143. The molecule has 146 valence electrons. The van der Waals surface area contributed by atoms with E-state index in [-0.39, 0.29) is 5.92 Å². The minimum atomic E-state index is -0.608. The second-order valence-corrected chi connectivity index (χ2v) is 8.59. The lowest BCUT2D eigenvalue weighted by Crippen LogP contribution is -2.27. The standard InChI is InChI=1S/C22H40O3/c1-2-3-4-5-6-7-8-18-11-15-21(16-12-18)25-17-19-9-13-20(14-10-19)22(23)24/h18-21H,2-17H2,1H3,(H,23,24). The summed E-state index contributed by atoms with van der Waals surface area (Å²) in [5.41, 5.74) is 0. The predicted molar refractivity (Wildman–Crippen MR) is 103 cm³/mol. The number of carboxylic acids is 1. The van der Waals surface area contributed by atoms with Gasteiger partial charge in [-0.25, -0.2) is 0 Å².